The van der Waals surface area contributed by atoms with Crippen molar-refractivity contribution in [2.24, 2.45) is 11.7 Å². The van der Waals surface area contributed by atoms with Gasteiger partial charge in [0, 0.05) is 6.42 Å². The van der Waals surface area contributed by atoms with E-state index in [1.165, 1.54) is 13.8 Å². The first-order chi connectivity index (χ1) is 5.30. The summed E-state index contributed by atoms with van der Waals surface area (Å²) in [7, 11) is 0. The Bertz CT molecular complexity index is 174. The van der Waals surface area contributed by atoms with E-state index in [-0.39, 0.29) is 5.92 Å². The van der Waals surface area contributed by atoms with Crippen LogP contribution in [-0.4, -0.2) is 17.0 Å². The second-order valence-electron chi connectivity index (χ2n) is 2.95. The van der Waals surface area contributed by atoms with Crippen LogP contribution in [0.4, 0.5) is 13.4 Å². The van der Waals surface area contributed by atoms with E-state index >= 15 is 0 Å². The highest BCUT2D eigenvalue weighted by molar-refractivity contribution is 5.82. The monoisotopic (exact) mass is 184 g/mol. The molecule has 0 fully saturated rings. The predicted molar refractivity (Wildman–Crippen MR) is 36.5 cm³/mol. The summed E-state index contributed by atoms with van der Waals surface area (Å²) in [5.41, 5.74) is 4.48. The first kappa shape index (κ1) is 11.2. The van der Waals surface area contributed by atoms with Crippen molar-refractivity contribution in [2.45, 2.75) is 26.1 Å². The van der Waals surface area contributed by atoms with Crippen molar-refractivity contribution in [3.8, 4) is 0 Å². The fraction of sp³-hybridized carbons (Fsp3) is 0.833. The first-order valence-corrected chi connectivity index (χ1v) is 3.41. The highest BCUT2D eigenvalue weighted by Gasteiger charge is 2.46. The van der Waals surface area contributed by atoms with Crippen LogP contribution in [0.15, 0.2) is 0 Å². The molecule has 3 nitrogen and oxygen atoms in total. The first-order valence-electron chi connectivity index (χ1n) is 3.41. The van der Waals surface area contributed by atoms with Gasteiger partial charge in [-0.1, -0.05) is 22.8 Å². The van der Waals surface area contributed by atoms with Gasteiger partial charge in [0.05, 0.1) is 5.34 Å². The SMILES string of the molecule is CC(C)C[C@@](F)(C(N)=O)N(F)F. The molecule has 0 radical (unpaired) electrons. The molecule has 2 N–H and O–H groups in total. The lowest BCUT2D eigenvalue weighted by Crippen LogP contribution is -2.48. The van der Waals surface area contributed by atoms with E-state index in [0.29, 0.717) is 0 Å². The van der Waals surface area contributed by atoms with Gasteiger partial charge < -0.3 is 5.73 Å². The zero-order chi connectivity index (χ0) is 9.94. The molecule has 1 atom stereocenters. The Balaban J connectivity index is 4.51. The Morgan fingerprint density at radius 1 is 1.58 bits per heavy atom. The van der Waals surface area contributed by atoms with E-state index < -0.39 is 23.5 Å². The van der Waals surface area contributed by atoms with Crippen LogP contribution in [0.5, 0.6) is 0 Å². The maximum Gasteiger partial charge on any atom is 0.298 e. The number of carbonyl (C=O) groups excluding carboxylic acids is 1. The Morgan fingerprint density at radius 2 is 2.00 bits per heavy atom. The molecule has 0 aliphatic rings. The summed E-state index contributed by atoms with van der Waals surface area (Å²) < 4.78 is 36.7. The van der Waals surface area contributed by atoms with Crippen molar-refractivity contribution in [2.75, 3.05) is 0 Å². The van der Waals surface area contributed by atoms with Crippen molar-refractivity contribution in [1.82, 2.24) is 5.34 Å². The van der Waals surface area contributed by atoms with Crippen LogP contribution in [0.25, 0.3) is 0 Å². The van der Waals surface area contributed by atoms with Crippen LogP contribution in [0.3, 0.4) is 0 Å². The number of nitrogens with two attached hydrogens (primary N) is 1. The molecular formula is C6H11F3N2O. The summed E-state index contributed by atoms with van der Waals surface area (Å²) >= 11 is 0. The van der Waals surface area contributed by atoms with Gasteiger partial charge in [-0.25, -0.2) is 4.39 Å². The van der Waals surface area contributed by atoms with Gasteiger partial charge in [0.25, 0.3) is 11.7 Å². The Kier molecular flexibility index (Phi) is 3.51. The van der Waals surface area contributed by atoms with Gasteiger partial charge >= 0.3 is 0 Å². The average Bonchev–Trinajstić information content (AvgIpc) is 1.84. The highest BCUT2D eigenvalue weighted by atomic mass is 19.4. The van der Waals surface area contributed by atoms with Gasteiger partial charge in [-0.05, 0) is 5.92 Å². The van der Waals surface area contributed by atoms with Gasteiger partial charge in [0.1, 0.15) is 0 Å². The van der Waals surface area contributed by atoms with Gasteiger partial charge in [-0.15, -0.1) is 0 Å². The fourth-order valence-corrected chi connectivity index (χ4v) is 0.794. The summed E-state index contributed by atoms with van der Waals surface area (Å²) in [6.07, 6.45) is -0.616. The van der Waals surface area contributed by atoms with Crippen molar-refractivity contribution >= 4 is 5.91 Å². The Labute approximate surface area is 68.2 Å². The van der Waals surface area contributed by atoms with Gasteiger partial charge in [-0.3, -0.25) is 4.79 Å². The summed E-state index contributed by atoms with van der Waals surface area (Å²) in [6, 6.07) is 0. The maximum absolute atomic E-state index is 13.0. The molecule has 0 aromatic carbocycles. The standard InChI is InChI=1S/C6H11F3N2O/c1-4(2)3-6(7,5(10)12)11(8)9/h4H,3H2,1-2H3,(H2,10,12)/t6-/m0/s1. The molecule has 0 aromatic rings. The zero-order valence-corrected chi connectivity index (χ0v) is 6.85. The van der Waals surface area contributed by atoms with Crippen LogP contribution in [-0.2, 0) is 4.79 Å². The van der Waals surface area contributed by atoms with Gasteiger partial charge in [0.2, 0.25) is 0 Å². The molecule has 0 heterocycles. The number of rotatable bonds is 4. The van der Waals surface area contributed by atoms with E-state index in [4.69, 9.17) is 0 Å². The zero-order valence-electron chi connectivity index (χ0n) is 6.85. The molecule has 0 saturated carbocycles. The van der Waals surface area contributed by atoms with Crippen LogP contribution < -0.4 is 5.73 Å². The van der Waals surface area contributed by atoms with E-state index in [0.717, 1.165) is 0 Å². The van der Waals surface area contributed by atoms with Gasteiger partial charge in [-0.2, -0.15) is 0 Å². The average molecular weight is 184 g/mol. The third-order valence-corrected chi connectivity index (χ3v) is 1.32. The second-order valence-corrected chi connectivity index (χ2v) is 2.95. The van der Waals surface area contributed by atoms with E-state index in [1.807, 2.05) is 0 Å². The molecule has 0 spiro atoms. The number of hydrogen-bond donors (Lipinski definition) is 1. The van der Waals surface area contributed by atoms with E-state index in [2.05, 4.69) is 5.73 Å². The number of carbonyl (C=O) groups is 1. The molecule has 0 aliphatic heterocycles. The molecule has 1 amide bonds. The number of amides is 1. The highest BCUT2D eigenvalue weighted by Crippen LogP contribution is 2.26. The fourth-order valence-electron chi connectivity index (χ4n) is 0.794. The molecule has 0 unspecified atom stereocenters. The number of nitrogens with zero attached hydrogens (tertiary/aromatic N) is 1. The molecular weight excluding hydrogens is 173 g/mol. The quantitative estimate of drug-likeness (QED) is 0.528. The summed E-state index contributed by atoms with van der Waals surface area (Å²) in [6.45, 7) is 3.03. The van der Waals surface area contributed by atoms with E-state index in [9.17, 15) is 18.1 Å². The minimum atomic E-state index is -3.34. The molecule has 0 rings (SSSR count). The molecule has 0 aromatic heterocycles. The van der Waals surface area contributed by atoms with Crippen molar-refractivity contribution in [3.05, 3.63) is 0 Å². The number of halogens is 3. The lowest BCUT2D eigenvalue weighted by molar-refractivity contribution is -0.271. The number of hydrogen-bond acceptors (Lipinski definition) is 2. The molecule has 0 saturated heterocycles. The minimum Gasteiger partial charge on any atom is -0.365 e. The van der Waals surface area contributed by atoms with Crippen molar-refractivity contribution < 1.29 is 18.1 Å². The summed E-state index contributed by atoms with van der Waals surface area (Å²) in [5.74, 6) is -5.38. The third-order valence-electron chi connectivity index (χ3n) is 1.32. The van der Waals surface area contributed by atoms with Crippen LogP contribution in [0, 0.1) is 5.92 Å². The molecule has 12 heavy (non-hydrogen) atoms. The van der Waals surface area contributed by atoms with Crippen molar-refractivity contribution in [1.29, 1.82) is 0 Å². The molecule has 0 bridgehead atoms. The second kappa shape index (κ2) is 3.75. The lowest BCUT2D eigenvalue weighted by atomic mass is 10.0. The smallest absolute Gasteiger partial charge is 0.298 e. The maximum atomic E-state index is 13.0. The lowest BCUT2D eigenvalue weighted by Gasteiger charge is -2.22. The number of primary amides is 1. The molecule has 0 aliphatic carbocycles. The van der Waals surface area contributed by atoms with Gasteiger partial charge in [0.15, 0.2) is 0 Å². The topological polar surface area (TPSA) is 46.3 Å². The third kappa shape index (κ3) is 2.37. The normalized spacial score (nSPS) is 16.6. The van der Waals surface area contributed by atoms with Crippen molar-refractivity contribution in [3.63, 3.8) is 0 Å². The van der Waals surface area contributed by atoms with Crippen LogP contribution in [0.2, 0.25) is 0 Å². The number of alkyl halides is 1. The summed E-state index contributed by atoms with van der Waals surface area (Å²) in [5, 5.41) is -1.78. The van der Waals surface area contributed by atoms with Crippen LogP contribution in [0.1, 0.15) is 20.3 Å². The van der Waals surface area contributed by atoms with Crippen LogP contribution >= 0.6 is 0 Å². The van der Waals surface area contributed by atoms with E-state index in [1.54, 1.807) is 0 Å². The summed E-state index contributed by atoms with van der Waals surface area (Å²) in [4.78, 5) is 10.3. The largest absolute Gasteiger partial charge is 0.365 e. The Morgan fingerprint density at radius 3 is 2.08 bits per heavy atom. The molecule has 72 valence electrons. The molecule has 6 heteroatoms. The Hall–Kier alpha value is -0.780. The predicted octanol–water partition coefficient (Wildman–Crippen LogP) is 1.25. The minimum absolute atomic E-state index is 0.378.